The van der Waals surface area contributed by atoms with Crippen molar-refractivity contribution >= 4 is 21.6 Å². The van der Waals surface area contributed by atoms with E-state index in [0.29, 0.717) is 36.9 Å². The minimum absolute atomic E-state index is 0.00311. The van der Waals surface area contributed by atoms with Gasteiger partial charge in [0.1, 0.15) is 0 Å². The largest absolute Gasteiger partial charge is 0.388 e. The van der Waals surface area contributed by atoms with Gasteiger partial charge in [0.15, 0.2) is 5.03 Å². The van der Waals surface area contributed by atoms with Crippen molar-refractivity contribution in [3.8, 4) is 11.1 Å². The van der Waals surface area contributed by atoms with E-state index in [0.717, 1.165) is 16.7 Å². The second-order valence-corrected chi connectivity index (χ2v) is 11.8. The molecule has 0 amide bonds. The van der Waals surface area contributed by atoms with E-state index in [1.807, 2.05) is 6.07 Å². The topological polar surface area (TPSA) is 70.5 Å². The zero-order valence-electron chi connectivity index (χ0n) is 18.7. The number of aliphatic hydroxyl groups is 1. The first-order chi connectivity index (χ1) is 15.7. The molecule has 5 rings (SSSR count). The number of sulfonamides is 1. The maximum atomic E-state index is 13.2. The summed E-state index contributed by atoms with van der Waals surface area (Å²) < 4.78 is 27.8. The molecule has 1 N–H and O–H groups in total. The van der Waals surface area contributed by atoms with E-state index in [9.17, 15) is 13.5 Å². The van der Waals surface area contributed by atoms with E-state index in [2.05, 4.69) is 55.2 Å². The summed E-state index contributed by atoms with van der Waals surface area (Å²) in [5.41, 5.74) is 5.12. The van der Waals surface area contributed by atoms with Gasteiger partial charge in [-0.2, -0.15) is 4.31 Å². The normalized spacial score (nSPS) is 22.9. The molecule has 2 heterocycles. The van der Waals surface area contributed by atoms with E-state index in [4.69, 9.17) is 11.6 Å². The summed E-state index contributed by atoms with van der Waals surface area (Å²) in [5.74, 6) is 0.390. The van der Waals surface area contributed by atoms with Crippen LogP contribution in [0.4, 0.5) is 0 Å². The number of halogens is 1. The van der Waals surface area contributed by atoms with Crippen LogP contribution in [0, 0.1) is 0 Å². The lowest BCUT2D eigenvalue weighted by Gasteiger charge is -2.25. The summed E-state index contributed by atoms with van der Waals surface area (Å²) in [6, 6.07) is 17.6. The van der Waals surface area contributed by atoms with Gasteiger partial charge >= 0.3 is 0 Å². The Hall–Kier alpha value is -2.25. The lowest BCUT2D eigenvalue weighted by atomic mass is 9.80. The monoisotopic (exact) mass is 482 g/mol. The number of hydrogen-bond acceptors (Lipinski definition) is 4. The highest BCUT2D eigenvalue weighted by atomic mass is 35.5. The zero-order chi connectivity index (χ0) is 23.4. The maximum absolute atomic E-state index is 13.2. The molecule has 2 atom stereocenters. The van der Waals surface area contributed by atoms with E-state index in [1.165, 1.54) is 27.7 Å². The number of rotatable bonds is 4. The Morgan fingerprint density at radius 2 is 1.94 bits per heavy atom. The van der Waals surface area contributed by atoms with E-state index < -0.39 is 16.1 Å². The number of nitrogens with zero attached hydrogens (tertiary/aromatic N) is 2. The molecule has 1 aliphatic heterocycles. The number of benzene rings is 2. The molecule has 0 saturated carbocycles. The predicted octanol–water partition coefficient (Wildman–Crippen LogP) is 5.29. The van der Waals surface area contributed by atoms with E-state index in [-0.39, 0.29) is 10.4 Å². The fraction of sp³-hybridized carbons (Fsp3) is 0.346. The third kappa shape index (κ3) is 3.79. The Kier molecular flexibility index (Phi) is 5.60. The van der Waals surface area contributed by atoms with Gasteiger partial charge < -0.3 is 5.11 Å². The first-order valence-electron chi connectivity index (χ1n) is 11.2. The van der Waals surface area contributed by atoms with Crippen LogP contribution in [0.1, 0.15) is 55.4 Å². The standard InChI is InChI=1S/C26H27ClN2O3S/c1-17(2)20-5-3-4-6-21(20)18-7-9-23-22(13-18)24(30)14-26(23)11-12-29(16-26)33(31,32)25-10-8-19(27)15-28-25/h3-10,13,15,17,24,30H,11-12,14,16H2,1-2H3. The van der Waals surface area contributed by atoms with Crippen LogP contribution in [0.2, 0.25) is 5.02 Å². The summed E-state index contributed by atoms with van der Waals surface area (Å²) >= 11 is 5.88. The Labute approximate surface area is 200 Å². The van der Waals surface area contributed by atoms with E-state index in [1.54, 1.807) is 6.07 Å². The van der Waals surface area contributed by atoms with Gasteiger partial charge in [0.05, 0.1) is 11.1 Å². The summed E-state index contributed by atoms with van der Waals surface area (Å²) in [5, 5.41) is 11.4. The molecule has 1 fully saturated rings. The molecule has 33 heavy (non-hydrogen) atoms. The number of fused-ring (bicyclic) bond motifs is 2. The lowest BCUT2D eigenvalue weighted by molar-refractivity contribution is 0.156. The van der Waals surface area contributed by atoms with Crippen LogP contribution in [0.3, 0.4) is 0 Å². The second kappa shape index (κ2) is 8.20. The van der Waals surface area contributed by atoms with Crippen molar-refractivity contribution < 1.29 is 13.5 Å². The molecule has 2 aliphatic rings. The average molecular weight is 483 g/mol. The van der Waals surface area contributed by atoms with Crippen LogP contribution in [-0.2, 0) is 15.4 Å². The molecule has 1 spiro atoms. The molecule has 2 aromatic carbocycles. The van der Waals surface area contributed by atoms with Crippen molar-refractivity contribution in [1.82, 2.24) is 9.29 Å². The molecule has 172 valence electrons. The number of hydrogen-bond donors (Lipinski definition) is 1. The third-order valence-corrected chi connectivity index (χ3v) is 9.07. The molecular formula is C26H27ClN2O3S. The fourth-order valence-electron chi connectivity index (χ4n) is 5.42. The molecule has 3 aromatic rings. The summed E-state index contributed by atoms with van der Waals surface area (Å²) in [4.78, 5) is 4.03. The molecule has 5 nitrogen and oxygen atoms in total. The van der Waals surface area contributed by atoms with Crippen LogP contribution < -0.4 is 0 Å². The van der Waals surface area contributed by atoms with Crippen LogP contribution in [0.25, 0.3) is 11.1 Å². The molecule has 1 aliphatic carbocycles. The smallest absolute Gasteiger partial charge is 0.260 e. The van der Waals surface area contributed by atoms with Crippen molar-refractivity contribution in [2.75, 3.05) is 13.1 Å². The first kappa shape index (κ1) is 22.5. The third-order valence-electron chi connectivity index (χ3n) is 7.08. The SMILES string of the molecule is CC(C)c1ccccc1-c1ccc2c(c1)C(O)CC21CCN(S(=O)(=O)c2ccc(Cl)cn2)C1. The maximum Gasteiger partial charge on any atom is 0.260 e. The van der Waals surface area contributed by atoms with Gasteiger partial charge in [0, 0.05) is 24.7 Å². The van der Waals surface area contributed by atoms with Crippen LogP contribution >= 0.6 is 11.6 Å². The van der Waals surface area contributed by atoms with Crippen LogP contribution in [0.15, 0.2) is 65.8 Å². The van der Waals surface area contributed by atoms with Gasteiger partial charge in [-0.05, 0) is 64.8 Å². The van der Waals surface area contributed by atoms with Gasteiger partial charge in [0.25, 0.3) is 10.0 Å². The molecule has 0 radical (unpaired) electrons. The van der Waals surface area contributed by atoms with Gasteiger partial charge in [-0.1, -0.05) is 61.8 Å². The van der Waals surface area contributed by atoms with Crippen molar-refractivity contribution in [1.29, 1.82) is 0 Å². The minimum Gasteiger partial charge on any atom is -0.388 e. The van der Waals surface area contributed by atoms with Crippen LogP contribution in [0.5, 0.6) is 0 Å². The Morgan fingerprint density at radius 1 is 1.15 bits per heavy atom. The van der Waals surface area contributed by atoms with Gasteiger partial charge in [-0.25, -0.2) is 13.4 Å². The van der Waals surface area contributed by atoms with Crippen molar-refractivity contribution in [3.05, 3.63) is 82.5 Å². The Balaban J connectivity index is 1.48. The number of aliphatic hydroxyl groups excluding tert-OH is 1. The highest BCUT2D eigenvalue weighted by molar-refractivity contribution is 7.89. The fourth-order valence-corrected chi connectivity index (χ4v) is 6.97. The summed E-state index contributed by atoms with van der Waals surface area (Å²) in [6.45, 7) is 5.10. The van der Waals surface area contributed by atoms with Gasteiger partial charge in [0.2, 0.25) is 0 Å². The molecule has 0 bridgehead atoms. The lowest BCUT2D eigenvalue weighted by Crippen LogP contribution is -2.33. The summed E-state index contributed by atoms with van der Waals surface area (Å²) in [7, 11) is -3.72. The van der Waals surface area contributed by atoms with Gasteiger partial charge in [-0.3, -0.25) is 0 Å². The van der Waals surface area contributed by atoms with Crippen molar-refractivity contribution in [2.24, 2.45) is 0 Å². The first-order valence-corrected chi connectivity index (χ1v) is 13.1. The Morgan fingerprint density at radius 3 is 2.67 bits per heavy atom. The van der Waals surface area contributed by atoms with Crippen molar-refractivity contribution in [3.63, 3.8) is 0 Å². The molecule has 2 unspecified atom stereocenters. The average Bonchev–Trinajstić information content (AvgIpc) is 3.35. The molecule has 1 saturated heterocycles. The second-order valence-electron chi connectivity index (χ2n) is 9.45. The summed E-state index contributed by atoms with van der Waals surface area (Å²) in [6.07, 6.45) is 1.94. The van der Waals surface area contributed by atoms with Crippen molar-refractivity contribution in [2.45, 2.75) is 49.2 Å². The Bertz CT molecular complexity index is 1310. The van der Waals surface area contributed by atoms with Gasteiger partial charge in [-0.15, -0.1) is 0 Å². The zero-order valence-corrected chi connectivity index (χ0v) is 20.3. The highest BCUT2D eigenvalue weighted by Crippen LogP contribution is 2.51. The highest BCUT2D eigenvalue weighted by Gasteiger charge is 2.50. The molecule has 7 heteroatoms. The quantitative estimate of drug-likeness (QED) is 0.548. The predicted molar refractivity (Wildman–Crippen MR) is 130 cm³/mol. The number of aromatic nitrogens is 1. The number of pyridine rings is 1. The van der Waals surface area contributed by atoms with E-state index >= 15 is 0 Å². The molecule has 1 aromatic heterocycles. The molecular weight excluding hydrogens is 456 g/mol. The van der Waals surface area contributed by atoms with Crippen LogP contribution in [-0.4, -0.2) is 35.9 Å². The minimum atomic E-state index is -3.72.